The van der Waals surface area contributed by atoms with Gasteiger partial charge in [-0.25, -0.2) is 4.79 Å². The van der Waals surface area contributed by atoms with Gasteiger partial charge in [-0.1, -0.05) is 63.4 Å². The molecule has 24 heavy (non-hydrogen) atoms. The molecule has 0 aromatic heterocycles. The summed E-state index contributed by atoms with van der Waals surface area (Å²) in [5, 5.41) is 11.4. The van der Waals surface area contributed by atoms with Crippen molar-refractivity contribution < 1.29 is 14.6 Å². The van der Waals surface area contributed by atoms with Crippen LogP contribution in [0.2, 0.25) is 0 Å². The standard InChI is InChI=1S/C20H31NO3/c1-3-21(4-2)15-16-24-19(22)20(23,17-11-7-5-8-12-17)18-13-9-6-10-14-18/h5,7-8,11-12,18,23H,3-4,6,9-10,13-16H2,1-2H3/t20-/m1/s1. The van der Waals surface area contributed by atoms with E-state index in [0.717, 1.165) is 38.8 Å². The Morgan fingerprint density at radius 2 is 1.79 bits per heavy atom. The molecule has 0 aliphatic heterocycles. The van der Waals surface area contributed by atoms with Gasteiger partial charge in [0.05, 0.1) is 0 Å². The van der Waals surface area contributed by atoms with Gasteiger partial charge >= 0.3 is 5.97 Å². The molecule has 0 heterocycles. The van der Waals surface area contributed by atoms with E-state index in [4.69, 9.17) is 4.74 Å². The molecule has 0 amide bonds. The molecular weight excluding hydrogens is 302 g/mol. The second-order valence-corrected chi connectivity index (χ2v) is 6.63. The maximum absolute atomic E-state index is 12.8. The van der Waals surface area contributed by atoms with Gasteiger partial charge in [-0.3, -0.25) is 0 Å². The van der Waals surface area contributed by atoms with Gasteiger partial charge in [0.15, 0.2) is 5.60 Å². The highest BCUT2D eigenvalue weighted by Crippen LogP contribution is 2.40. The van der Waals surface area contributed by atoms with E-state index in [1.807, 2.05) is 30.3 Å². The number of benzene rings is 1. The maximum atomic E-state index is 12.8. The summed E-state index contributed by atoms with van der Waals surface area (Å²) in [6.07, 6.45) is 5.05. The summed E-state index contributed by atoms with van der Waals surface area (Å²) in [6, 6.07) is 9.30. The van der Waals surface area contributed by atoms with E-state index in [2.05, 4.69) is 18.7 Å². The van der Waals surface area contributed by atoms with E-state index in [1.165, 1.54) is 6.42 Å². The Hall–Kier alpha value is -1.39. The van der Waals surface area contributed by atoms with Crippen molar-refractivity contribution >= 4 is 5.97 Å². The summed E-state index contributed by atoms with van der Waals surface area (Å²) < 4.78 is 5.52. The number of carbonyl (C=O) groups excluding carboxylic acids is 1. The topological polar surface area (TPSA) is 49.8 Å². The maximum Gasteiger partial charge on any atom is 0.343 e. The van der Waals surface area contributed by atoms with Crippen LogP contribution < -0.4 is 0 Å². The number of ether oxygens (including phenoxy) is 1. The first-order valence-corrected chi connectivity index (χ1v) is 9.30. The van der Waals surface area contributed by atoms with Gasteiger partial charge in [0.2, 0.25) is 0 Å². The number of esters is 1. The fourth-order valence-corrected chi connectivity index (χ4v) is 3.65. The molecule has 1 atom stereocenters. The Balaban J connectivity index is 2.11. The normalized spacial score (nSPS) is 18.3. The Bertz CT molecular complexity index is 495. The van der Waals surface area contributed by atoms with Crippen molar-refractivity contribution in [3.05, 3.63) is 35.9 Å². The van der Waals surface area contributed by atoms with E-state index in [-0.39, 0.29) is 5.92 Å². The van der Waals surface area contributed by atoms with Crippen molar-refractivity contribution in [1.29, 1.82) is 0 Å². The summed E-state index contributed by atoms with van der Waals surface area (Å²) in [7, 11) is 0. The average molecular weight is 333 g/mol. The van der Waals surface area contributed by atoms with Gasteiger partial charge in [0.25, 0.3) is 0 Å². The van der Waals surface area contributed by atoms with Crippen molar-refractivity contribution in [2.24, 2.45) is 5.92 Å². The van der Waals surface area contributed by atoms with Crippen molar-refractivity contribution in [2.45, 2.75) is 51.6 Å². The van der Waals surface area contributed by atoms with Crippen LogP contribution in [0.25, 0.3) is 0 Å². The second-order valence-electron chi connectivity index (χ2n) is 6.63. The van der Waals surface area contributed by atoms with Gasteiger partial charge in [0, 0.05) is 12.5 Å². The first-order chi connectivity index (χ1) is 11.6. The van der Waals surface area contributed by atoms with Crippen molar-refractivity contribution in [2.75, 3.05) is 26.2 Å². The SMILES string of the molecule is CCN(CC)CCOC(=O)[C@@](O)(c1ccccc1)C1CCCCC1. The summed E-state index contributed by atoms with van der Waals surface area (Å²) in [5.41, 5.74) is -0.866. The summed E-state index contributed by atoms with van der Waals surface area (Å²) in [5.74, 6) is -0.553. The van der Waals surface area contributed by atoms with Crippen LogP contribution in [0.15, 0.2) is 30.3 Å². The molecule has 0 saturated heterocycles. The lowest BCUT2D eigenvalue weighted by Gasteiger charge is -2.36. The van der Waals surface area contributed by atoms with Crippen LogP contribution in [0.1, 0.15) is 51.5 Å². The van der Waals surface area contributed by atoms with Crippen molar-refractivity contribution in [3.8, 4) is 0 Å². The third-order valence-electron chi connectivity index (χ3n) is 5.26. The van der Waals surface area contributed by atoms with Gasteiger partial charge in [0.1, 0.15) is 6.61 Å². The minimum atomic E-state index is -1.52. The molecule has 1 fully saturated rings. The minimum absolute atomic E-state index is 0.0606. The van der Waals surface area contributed by atoms with Crippen LogP contribution in [-0.4, -0.2) is 42.2 Å². The fraction of sp³-hybridized carbons (Fsp3) is 0.650. The van der Waals surface area contributed by atoms with Crippen molar-refractivity contribution in [1.82, 2.24) is 4.90 Å². The predicted octanol–water partition coefficient (Wildman–Crippen LogP) is 3.34. The molecule has 0 spiro atoms. The summed E-state index contributed by atoms with van der Waals surface area (Å²) >= 11 is 0. The number of hydrogen-bond acceptors (Lipinski definition) is 4. The smallest absolute Gasteiger partial charge is 0.343 e. The van der Waals surface area contributed by atoms with Crippen LogP contribution in [-0.2, 0) is 15.1 Å². The number of aliphatic hydroxyl groups is 1. The lowest BCUT2D eigenvalue weighted by atomic mass is 9.73. The zero-order chi connectivity index (χ0) is 17.4. The first-order valence-electron chi connectivity index (χ1n) is 9.30. The molecule has 0 bridgehead atoms. The van der Waals surface area contributed by atoms with E-state index in [0.29, 0.717) is 18.7 Å². The van der Waals surface area contributed by atoms with Crippen LogP contribution >= 0.6 is 0 Å². The van der Waals surface area contributed by atoms with E-state index >= 15 is 0 Å². The number of nitrogens with zero attached hydrogens (tertiary/aromatic N) is 1. The third-order valence-corrected chi connectivity index (χ3v) is 5.26. The second kappa shape index (κ2) is 9.19. The van der Waals surface area contributed by atoms with Gasteiger partial charge < -0.3 is 14.7 Å². The first kappa shape index (κ1) is 18.9. The molecular formula is C20H31NO3. The van der Waals surface area contributed by atoms with Gasteiger partial charge in [-0.2, -0.15) is 0 Å². The monoisotopic (exact) mass is 333 g/mol. The van der Waals surface area contributed by atoms with Gasteiger partial charge in [-0.15, -0.1) is 0 Å². The molecule has 0 radical (unpaired) electrons. The van der Waals surface area contributed by atoms with Crippen LogP contribution in [0.4, 0.5) is 0 Å². The zero-order valence-electron chi connectivity index (χ0n) is 15.0. The van der Waals surface area contributed by atoms with E-state index < -0.39 is 11.6 Å². The molecule has 2 rings (SSSR count). The quantitative estimate of drug-likeness (QED) is 0.741. The van der Waals surface area contributed by atoms with Crippen LogP contribution in [0, 0.1) is 5.92 Å². The molecule has 1 saturated carbocycles. The summed E-state index contributed by atoms with van der Waals surface area (Å²) in [6.45, 7) is 7.07. The number of hydrogen-bond donors (Lipinski definition) is 1. The number of likely N-dealkylation sites (N-methyl/N-ethyl adjacent to an activating group) is 1. The Morgan fingerprint density at radius 1 is 1.17 bits per heavy atom. The highest BCUT2D eigenvalue weighted by atomic mass is 16.5. The Labute approximate surface area is 145 Å². The van der Waals surface area contributed by atoms with Gasteiger partial charge in [-0.05, 0) is 31.5 Å². The molecule has 4 heteroatoms. The Kier molecular flexibility index (Phi) is 7.25. The molecule has 0 unspecified atom stereocenters. The molecule has 1 aliphatic carbocycles. The summed E-state index contributed by atoms with van der Waals surface area (Å²) in [4.78, 5) is 15.0. The molecule has 1 N–H and O–H groups in total. The van der Waals surface area contributed by atoms with E-state index in [1.54, 1.807) is 0 Å². The molecule has 1 aromatic rings. The molecule has 4 nitrogen and oxygen atoms in total. The van der Waals surface area contributed by atoms with Crippen molar-refractivity contribution in [3.63, 3.8) is 0 Å². The number of carbonyl (C=O) groups is 1. The minimum Gasteiger partial charge on any atom is -0.462 e. The third kappa shape index (κ3) is 4.37. The number of rotatable bonds is 8. The van der Waals surface area contributed by atoms with E-state index in [9.17, 15) is 9.90 Å². The average Bonchev–Trinajstić information content (AvgIpc) is 2.65. The van der Waals surface area contributed by atoms with Crippen LogP contribution in [0.3, 0.4) is 0 Å². The molecule has 1 aromatic carbocycles. The Morgan fingerprint density at radius 3 is 2.38 bits per heavy atom. The highest BCUT2D eigenvalue weighted by molar-refractivity contribution is 5.81. The highest BCUT2D eigenvalue weighted by Gasteiger charge is 2.47. The largest absolute Gasteiger partial charge is 0.462 e. The molecule has 1 aliphatic rings. The van der Waals surface area contributed by atoms with Crippen LogP contribution in [0.5, 0.6) is 0 Å². The fourth-order valence-electron chi connectivity index (χ4n) is 3.65. The lowest BCUT2D eigenvalue weighted by Crippen LogP contribution is -2.45. The predicted molar refractivity (Wildman–Crippen MR) is 95.7 cm³/mol. The zero-order valence-corrected chi connectivity index (χ0v) is 15.0. The molecule has 134 valence electrons. The lowest BCUT2D eigenvalue weighted by molar-refractivity contribution is -0.176.